The summed E-state index contributed by atoms with van der Waals surface area (Å²) in [5.74, 6) is 5.05. The third kappa shape index (κ3) is 2.62. The molecule has 4 aliphatic rings. The molecule has 0 radical (unpaired) electrons. The van der Waals surface area contributed by atoms with E-state index in [4.69, 9.17) is 4.74 Å². The molecule has 0 heterocycles. The van der Waals surface area contributed by atoms with Gasteiger partial charge in [0.05, 0.1) is 12.2 Å². The maximum Gasteiger partial charge on any atom is 0.0616 e. The summed E-state index contributed by atoms with van der Waals surface area (Å²) in [6.07, 6.45) is 14.8. The van der Waals surface area contributed by atoms with Crippen molar-refractivity contribution in [1.82, 2.24) is 0 Å². The SMILES string of the molecule is CC(C)OC1CCC2(C)C(=CCC3C4CCC(C)C4CCC32)C1. The zero-order chi connectivity index (χ0) is 16.2. The highest BCUT2D eigenvalue weighted by molar-refractivity contribution is 5.24. The van der Waals surface area contributed by atoms with Gasteiger partial charge in [0, 0.05) is 0 Å². The topological polar surface area (TPSA) is 9.23 Å². The summed E-state index contributed by atoms with van der Waals surface area (Å²) < 4.78 is 6.16. The predicted octanol–water partition coefficient (Wildman–Crippen LogP) is 5.99. The Kier molecular flexibility index (Phi) is 4.15. The molecule has 0 bridgehead atoms. The van der Waals surface area contributed by atoms with Gasteiger partial charge in [-0.05, 0) is 93.8 Å². The second-order valence-electron chi connectivity index (χ2n) is 9.66. The van der Waals surface area contributed by atoms with E-state index in [2.05, 4.69) is 33.8 Å². The molecule has 0 aromatic carbocycles. The van der Waals surface area contributed by atoms with Gasteiger partial charge in [0.25, 0.3) is 0 Å². The Morgan fingerprint density at radius 3 is 2.61 bits per heavy atom. The maximum absolute atomic E-state index is 6.16. The Hall–Kier alpha value is -0.300. The molecule has 0 N–H and O–H groups in total. The molecule has 1 nitrogen and oxygen atoms in total. The fourth-order valence-electron chi connectivity index (χ4n) is 7.07. The van der Waals surface area contributed by atoms with Crippen LogP contribution in [0.4, 0.5) is 0 Å². The molecule has 0 aromatic heterocycles. The van der Waals surface area contributed by atoms with E-state index in [1.54, 1.807) is 5.57 Å². The average Bonchev–Trinajstić information content (AvgIpc) is 2.89. The summed E-state index contributed by atoms with van der Waals surface area (Å²) in [5, 5.41) is 0. The number of rotatable bonds is 2. The highest BCUT2D eigenvalue weighted by Gasteiger charge is 2.53. The van der Waals surface area contributed by atoms with Crippen molar-refractivity contribution in [2.75, 3.05) is 0 Å². The zero-order valence-electron chi connectivity index (χ0n) is 15.7. The first kappa shape index (κ1) is 16.2. The molecule has 3 fully saturated rings. The first-order valence-electron chi connectivity index (χ1n) is 10.3. The molecule has 4 aliphatic carbocycles. The molecule has 7 atom stereocenters. The molecule has 0 aromatic rings. The van der Waals surface area contributed by atoms with Crippen LogP contribution in [0.5, 0.6) is 0 Å². The summed E-state index contributed by atoms with van der Waals surface area (Å²) in [5.41, 5.74) is 2.26. The fraction of sp³-hybridized carbons (Fsp3) is 0.909. The van der Waals surface area contributed by atoms with Gasteiger partial charge in [0.15, 0.2) is 0 Å². The lowest BCUT2D eigenvalue weighted by molar-refractivity contribution is -0.0467. The number of ether oxygens (including phenoxy) is 1. The average molecular weight is 317 g/mol. The van der Waals surface area contributed by atoms with Crippen LogP contribution < -0.4 is 0 Å². The van der Waals surface area contributed by atoms with Gasteiger partial charge >= 0.3 is 0 Å². The first-order chi connectivity index (χ1) is 11.0. The van der Waals surface area contributed by atoms with Crippen LogP contribution in [0.25, 0.3) is 0 Å². The van der Waals surface area contributed by atoms with Crippen LogP contribution in [0.15, 0.2) is 11.6 Å². The standard InChI is InChI=1S/C22H36O/c1-14(2)23-17-11-12-22(4)16(13-17)6-8-20-19-7-5-15(3)18(19)9-10-21(20)22/h6,14-15,17-21H,5,7-13H2,1-4H3. The Bertz CT molecular complexity index is 478. The lowest BCUT2D eigenvalue weighted by Crippen LogP contribution is -2.47. The minimum atomic E-state index is 0.372. The largest absolute Gasteiger partial charge is 0.375 e. The fourth-order valence-corrected chi connectivity index (χ4v) is 7.07. The van der Waals surface area contributed by atoms with Crippen LogP contribution in [0.2, 0.25) is 0 Å². The second kappa shape index (κ2) is 5.90. The Labute approximate surface area is 143 Å². The van der Waals surface area contributed by atoms with Crippen molar-refractivity contribution in [3.05, 3.63) is 11.6 Å². The van der Waals surface area contributed by atoms with Crippen LogP contribution in [0, 0.1) is 35.0 Å². The molecule has 0 spiro atoms. The van der Waals surface area contributed by atoms with E-state index in [1.807, 2.05) is 0 Å². The molecule has 3 saturated carbocycles. The minimum Gasteiger partial charge on any atom is -0.375 e. The van der Waals surface area contributed by atoms with Crippen molar-refractivity contribution in [2.45, 2.75) is 91.3 Å². The van der Waals surface area contributed by atoms with Gasteiger partial charge in [0.2, 0.25) is 0 Å². The van der Waals surface area contributed by atoms with Gasteiger partial charge in [-0.15, -0.1) is 0 Å². The Morgan fingerprint density at radius 2 is 1.83 bits per heavy atom. The van der Waals surface area contributed by atoms with Crippen LogP contribution in [0.1, 0.15) is 79.1 Å². The van der Waals surface area contributed by atoms with E-state index in [0.717, 1.165) is 29.6 Å². The Morgan fingerprint density at radius 1 is 1.04 bits per heavy atom. The quantitative estimate of drug-likeness (QED) is 0.569. The van der Waals surface area contributed by atoms with Gasteiger partial charge in [-0.3, -0.25) is 0 Å². The van der Waals surface area contributed by atoms with Crippen LogP contribution in [-0.2, 0) is 4.74 Å². The molecule has 4 rings (SSSR count). The number of hydrogen-bond acceptors (Lipinski definition) is 1. The van der Waals surface area contributed by atoms with Crippen molar-refractivity contribution in [3.8, 4) is 0 Å². The first-order valence-corrected chi connectivity index (χ1v) is 10.3. The summed E-state index contributed by atoms with van der Waals surface area (Å²) in [6.45, 7) is 9.49. The lowest BCUT2D eigenvalue weighted by Gasteiger charge is -2.55. The van der Waals surface area contributed by atoms with Gasteiger partial charge in [-0.2, -0.15) is 0 Å². The van der Waals surface area contributed by atoms with Gasteiger partial charge in [-0.1, -0.05) is 31.9 Å². The summed E-state index contributed by atoms with van der Waals surface area (Å²) in [4.78, 5) is 0. The van der Waals surface area contributed by atoms with E-state index in [9.17, 15) is 0 Å². The molecule has 0 saturated heterocycles. The Balaban J connectivity index is 1.55. The van der Waals surface area contributed by atoms with Crippen LogP contribution >= 0.6 is 0 Å². The normalized spacial score (nSPS) is 49.3. The van der Waals surface area contributed by atoms with E-state index >= 15 is 0 Å². The van der Waals surface area contributed by atoms with E-state index in [1.165, 1.54) is 51.4 Å². The van der Waals surface area contributed by atoms with E-state index < -0.39 is 0 Å². The van der Waals surface area contributed by atoms with Crippen molar-refractivity contribution >= 4 is 0 Å². The van der Waals surface area contributed by atoms with Crippen LogP contribution in [0.3, 0.4) is 0 Å². The van der Waals surface area contributed by atoms with E-state index in [-0.39, 0.29) is 0 Å². The minimum absolute atomic E-state index is 0.372. The second-order valence-corrected chi connectivity index (χ2v) is 9.66. The number of fused-ring (bicyclic) bond motifs is 5. The lowest BCUT2D eigenvalue weighted by atomic mass is 9.50. The highest BCUT2D eigenvalue weighted by Crippen LogP contribution is 2.62. The van der Waals surface area contributed by atoms with E-state index in [0.29, 0.717) is 17.6 Å². The zero-order valence-corrected chi connectivity index (χ0v) is 15.7. The van der Waals surface area contributed by atoms with Crippen molar-refractivity contribution in [2.24, 2.45) is 35.0 Å². The monoisotopic (exact) mass is 316 g/mol. The maximum atomic E-state index is 6.16. The third-order valence-electron chi connectivity index (χ3n) is 8.20. The summed E-state index contributed by atoms with van der Waals surface area (Å²) in [6, 6.07) is 0. The van der Waals surface area contributed by atoms with Crippen molar-refractivity contribution < 1.29 is 4.74 Å². The molecule has 7 unspecified atom stereocenters. The summed E-state index contributed by atoms with van der Waals surface area (Å²) >= 11 is 0. The van der Waals surface area contributed by atoms with Gasteiger partial charge in [0.1, 0.15) is 0 Å². The van der Waals surface area contributed by atoms with Gasteiger partial charge in [-0.25, -0.2) is 0 Å². The predicted molar refractivity (Wildman–Crippen MR) is 96.3 cm³/mol. The molecular formula is C22H36O. The highest BCUT2D eigenvalue weighted by atomic mass is 16.5. The molecule has 23 heavy (non-hydrogen) atoms. The van der Waals surface area contributed by atoms with Gasteiger partial charge < -0.3 is 4.74 Å². The third-order valence-corrected chi connectivity index (χ3v) is 8.20. The van der Waals surface area contributed by atoms with Crippen molar-refractivity contribution in [1.29, 1.82) is 0 Å². The molecular weight excluding hydrogens is 280 g/mol. The smallest absolute Gasteiger partial charge is 0.0616 e. The van der Waals surface area contributed by atoms with Crippen molar-refractivity contribution in [3.63, 3.8) is 0 Å². The summed E-state index contributed by atoms with van der Waals surface area (Å²) in [7, 11) is 0. The molecule has 0 aliphatic heterocycles. The molecule has 0 amide bonds. The molecule has 130 valence electrons. The van der Waals surface area contributed by atoms with Crippen LogP contribution in [-0.4, -0.2) is 12.2 Å². The number of hydrogen-bond donors (Lipinski definition) is 0. The number of allylic oxidation sites excluding steroid dienone is 1. The molecule has 1 heteroatoms.